The third-order valence-electron chi connectivity index (χ3n) is 2.82. The minimum absolute atomic E-state index is 0.142. The third kappa shape index (κ3) is 1.66. The molecule has 2 rings (SSSR count). The fourth-order valence-corrected chi connectivity index (χ4v) is 1.85. The zero-order valence-corrected chi connectivity index (χ0v) is 8.08. The highest BCUT2D eigenvalue weighted by atomic mass is 16.2. The van der Waals surface area contributed by atoms with Crippen molar-refractivity contribution < 1.29 is 4.79 Å². The molecule has 0 aromatic heterocycles. The van der Waals surface area contributed by atoms with E-state index in [0.29, 0.717) is 5.92 Å². The highest BCUT2D eigenvalue weighted by Gasteiger charge is 2.45. The van der Waals surface area contributed by atoms with E-state index in [1.165, 1.54) is 23.5 Å². The standard InChI is InChI=1S/C9H15N3O/c1-12(2)9(13)11-10-8-4-3-6-5-7(6)8/h6-7H,3-5H2,1-2H3,(H,11,13)/b10-8-/t6-,7+/m0/s1. The molecule has 4 nitrogen and oxygen atoms in total. The van der Waals surface area contributed by atoms with E-state index >= 15 is 0 Å². The summed E-state index contributed by atoms with van der Waals surface area (Å²) in [5.74, 6) is 1.58. The number of urea groups is 1. The highest BCUT2D eigenvalue weighted by Crippen LogP contribution is 2.49. The number of hydrazone groups is 1. The van der Waals surface area contributed by atoms with Gasteiger partial charge in [0.2, 0.25) is 0 Å². The molecule has 0 aromatic rings. The van der Waals surface area contributed by atoms with Crippen molar-refractivity contribution in [3.63, 3.8) is 0 Å². The number of hydrogen-bond acceptors (Lipinski definition) is 2. The number of nitrogens with one attached hydrogen (secondary N) is 1. The molecule has 2 aliphatic rings. The number of rotatable bonds is 1. The number of hydrogen-bond donors (Lipinski definition) is 1. The van der Waals surface area contributed by atoms with E-state index in [4.69, 9.17) is 0 Å². The number of amides is 2. The van der Waals surface area contributed by atoms with Crippen LogP contribution in [0.25, 0.3) is 0 Å². The largest absolute Gasteiger partial charge is 0.337 e. The maximum atomic E-state index is 11.1. The average Bonchev–Trinajstić information content (AvgIpc) is 2.77. The van der Waals surface area contributed by atoms with E-state index in [2.05, 4.69) is 10.5 Å². The summed E-state index contributed by atoms with van der Waals surface area (Å²) < 4.78 is 0. The van der Waals surface area contributed by atoms with Crippen LogP contribution in [-0.4, -0.2) is 30.7 Å². The Bertz CT molecular complexity index is 260. The van der Waals surface area contributed by atoms with Crippen LogP contribution in [0.15, 0.2) is 5.10 Å². The number of carbonyl (C=O) groups is 1. The topological polar surface area (TPSA) is 44.7 Å². The summed E-state index contributed by atoms with van der Waals surface area (Å²) in [5.41, 5.74) is 3.75. The van der Waals surface area contributed by atoms with Crippen LogP contribution in [0.1, 0.15) is 19.3 Å². The predicted molar refractivity (Wildman–Crippen MR) is 50.5 cm³/mol. The summed E-state index contributed by atoms with van der Waals surface area (Å²) >= 11 is 0. The van der Waals surface area contributed by atoms with Crippen LogP contribution in [0, 0.1) is 11.8 Å². The van der Waals surface area contributed by atoms with E-state index in [0.717, 1.165) is 12.3 Å². The molecule has 0 spiro atoms. The van der Waals surface area contributed by atoms with E-state index in [-0.39, 0.29) is 6.03 Å². The Balaban J connectivity index is 1.86. The van der Waals surface area contributed by atoms with Gasteiger partial charge >= 0.3 is 6.03 Å². The summed E-state index contributed by atoms with van der Waals surface area (Å²) in [6.45, 7) is 0. The van der Waals surface area contributed by atoms with Gasteiger partial charge in [-0.1, -0.05) is 0 Å². The Morgan fingerprint density at radius 3 is 2.85 bits per heavy atom. The fourth-order valence-electron chi connectivity index (χ4n) is 1.85. The number of nitrogens with zero attached hydrogens (tertiary/aromatic N) is 2. The van der Waals surface area contributed by atoms with Crippen molar-refractivity contribution in [2.24, 2.45) is 16.9 Å². The molecule has 0 aromatic carbocycles. The zero-order chi connectivity index (χ0) is 9.42. The second kappa shape index (κ2) is 3.01. The zero-order valence-electron chi connectivity index (χ0n) is 8.08. The maximum Gasteiger partial charge on any atom is 0.337 e. The molecule has 0 radical (unpaired) electrons. The lowest BCUT2D eigenvalue weighted by Crippen LogP contribution is -2.31. The van der Waals surface area contributed by atoms with Crippen molar-refractivity contribution >= 4 is 11.7 Å². The smallest absolute Gasteiger partial charge is 0.329 e. The van der Waals surface area contributed by atoms with Crippen molar-refractivity contribution in [1.82, 2.24) is 10.3 Å². The van der Waals surface area contributed by atoms with Gasteiger partial charge in [0, 0.05) is 25.7 Å². The molecule has 0 bridgehead atoms. The molecule has 2 aliphatic carbocycles. The molecule has 0 aliphatic heterocycles. The van der Waals surface area contributed by atoms with E-state index in [1.54, 1.807) is 14.1 Å². The van der Waals surface area contributed by atoms with Crippen LogP contribution in [-0.2, 0) is 0 Å². The molecule has 2 saturated carbocycles. The highest BCUT2D eigenvalue weighted by molar-refractivity contribution is 5.92. The lowest BCUT2D eigenvalue weighted by Gasteiger charge is -2.08. The van der Waals surface area contributed by atoms with Crippen LogP contribution in [0.2, 0.25) is 0 Å². The van der Waals surface area contributed by atoms with E-state index in [9.17, 15) is 4.79 Å². The van der Waals surface area contributed by atoms with Gasteiger partial charge in [-0.15, -0.1) is 0 Å². The predicted octanol–water partition coefficient (Wildman–Crippen LogP) is 1.04. The summed E-state index contributed by atoms with van der Waals surface area (Å²) in [6.07, 6.45) is 3.63. The van der Waals surface area contributed by atoms with E-state index < -0.39 is 0 Å². The average molecular weight is 181 g/mol. The molecule has 0 saturated heterocycles. The van der Waals surface area contributed by atoms with Crippen molar-refractivity contribution in [2.75, 3.05) is 14.1 Å². The molecular weight excluding hydrogens is 166 g/mol. The fraction of sp³-hybridized carbons (Fsp3) is 0.778. The Hall–Kier alpha value is -1.06. The SMILES string of the molecule is CN(C)C(=O)N/N=C1/CC[C@H]2C[C@@H]12. The summed E-state index contributed by atoms with van der Waals surface area (Å²) in [4.78, 5) is 12.6. The first kappa shape index (κ1) is 8.53. The molecule has 0 heterocycles. The quantitative estimate of drug-likeness (QED) is 0.604. The molecule has 0 unspecified atom stereocenters. The van der Waals surface area contributed by atoms with Gasteiger partial charge in [0.05, 0.1) is 0 Å². The maximum absolute atomic E-state index is 11.1. The molecule has 72 valence electrons. The van der Waals surface area contributed by atoms with E-state index in [1.807, 2.05) is 0 Å². The Kier molecular flexibility index (Phi) is 1.98. The Labute approximate surface area is 78.0 Å². The van der Waals surface area contributed by atoms with Crippen LogP contribution >= 0.6 is 0 Å². The summed E-state index contributed by atoms with van der Waals surface area (Å²) in [6, 6.07) is -0.142. The molecular formula is C9H15N3O. The molecule has 2 amide bonds. The lowest BCUT2D eigenvalue weighted by molar-refractivity contribution is 0.218. The second-order valence-electron chi connectivity index (χ2n) is 4.06. The Morgan fingerprint density at radius 2 is 2.38 bits per heavy atom. The van der Waals surface area contributed by atoms with Gasteiger partial charge in [-0.3, -0.25) is 0 Å². The third-order valence-corrected chi connectivity index (χ3v) is 2.82. The van der Waals surface area contributed by atoms with Gasteiger partial charge in [-0.05, 0) is 25.2 Å². The van der Waals surface area contributed by atoms with Gasteiger partial charge in [-0.2, -0.15) is 5.10 Å². The molecule has 13 heavy (non-hydrogen) atoms. The van der Waals surface area contributed by atoms with Gasteiger partial charge in [0.15, 0.2) is 0 Å². The number of carbonyl (C=O) groups excluding carboxylic acids is 1. The first-order valence-corrected chi connectivity index (χ1v) is 4.72. The Morgan fingerprint density at radius 1 is 1.62 bits per heavy atom. The monoisotopic (exact) mass is 181 g/mol. The first-order valence-electron chi connectivity index (χ1n) is 4.72. The van der Waals surface area contributed by atoms with Gasteiger partial charge in [0.25, 0.3) is 0 Å². The van der Waals surface area contributed by atoms with Crippen LogP contribution < -0.4 is 5.43 Å². The van der Waals surface area contributed by atoms with Gasteiger partial charge in [0.1, 0.15) is 0 Å². The van der Waals surface area contributed by atoms with Crippen molar-refractivity contribution in [3.05, 3.63) is 0 Å². The van der Waals surface area contributed by atoms with Crippen LogP contribution in [0.4, 0.5) is 4.79 Å². The summed E-state index contributed by atoms with van der Waals surface area (Å²) in [7, 11) is 3.42. The van der Waals surface area contributed by atoms with Crippen molar-refractivity contribution in [3.8, 4) is 0 Å². The molecule has 2 fully saturated rings. The summed E-state index contributed by atoms with van der Waals surface area (Å²) in [5, 5.41) is 4.14. The van der Waals surface area contributed by atoms with Crippen molar-refractivity contribution in [1.29, 1.82) is 0 Å². The number of fused-ring (bicyclic) bond motifs is 1. The lowest BCUT2D eigenvalue weighted by atomic mass is 10.2. The van der Waals surface area contributed by atoms with Gasteiger partial charge in [-0.25, -0.2) is 10.2 Å². The minimum Gasteiger partial charge on any atom is -0.329 e. The first-order chi connectivity index (χ1) is 6.18. The van der Waals surface area contributed by atoms with Crippen LogP contribution in [0.3, 0.4) is 0 Å². The van der Waals surface area contributed by atoms with Gasteiger partial charge < -0.3 is 4.90 Å². The normalized spacial score (nSPS) is 32.9. The minimum atomic E-state index is -0.142. The molecule has 1 N–H and O–H groups in total. The molecule has 4 heteroatoms. The van der Waals surface area contributed by atoms with Crippen LogP contribution in [0.5, 0.6) is 0 Å². The second-order valence-corrected chi connectivity index (χ2v) is 4.06. The molecule has 2 atom stereocenters. The van der Waals surface area contributed by atoms with Crippen molar-refractivity contribution in [2.45, 2.75) is 19.3 Å².